The van der Waals surface area contributed by atoms with Crippen molar-refractivity contribution in [1.82, 2.24) is 14.9 Å². The summed E-state index contributed by atoms with van der Waals surface area (Å²) < 4.78 is 3.04. The van der Waals surface area contributed by atoms with Crippen molar-refractivity contribution in [3.63, 3.8) is 0 Å². The zero-order chi connectivity index (χ0) is 14.8. The van der Waals surface area contributed by atoms with E-state index in [1.54, 1.807) is 22.2 Å². The number of nitrogens with zero attached hydrogens (tertiary/aromatic N) is 3. The number of halogens is 1. The molecule has 7 heteroatoms. The van der Waals surface area contributed by atoms with Gasteiger partial charge in [-0.1, -0.05) is 28.1 Å². The van der Waals surface area contributed by atoms with E-state index in [0.717, 1.165) is 14.9 Å². The van der Waals surface area contributed by atoms with Gasteiger partial charge in [0.15, 0.2) is 5.82 Å². The molecule has 0 unspecified atom stereocenters. The second-order valence-electron chi connectivity index (χ2n) is 4.34. The number of thiophene rings is 1. The molecule has 21 heavy (non-hydrogen) atoms. The minimum absolute atomic E-state index is 0.463. The predicted molar refractivity (Wildman–Crippen MR) is 92.6 cm³/mol. The van der Waals surface area contributed by atoms with Gasteiger partial charge in [-0.3, -0.25) is 0 Å². The topological polar surface area (TPSA) is 46.0 Å². The van der Waals surface area contributed by atoms with E-state index >= 15 is 0 Å². The molecule has 0 bridgehead atoms. The van der Waals surface area contributed by atoms with Crippen molar-refractivity contribution in [3.8, 4) is 11.4 Å². The van der Waals surface area contributed by atoms with E-state index in [9.17, 15) is 0 Å². The second-order valence-corrected chi connectivity index (χ2v) is 6.90. The summed E-state index contributed by atoms with van der Waals surface area (Å²) in [6, 6.07) is 11.9. The monoisotopic (exact) mass is 378 g/mol. The molecule has 0 atom stereocenters. The summed E-state index contributed by atoms with van der Waals surface area (Å²) in [6.45, 7) is 2.07. The van der Waals surface area contributed by atoms with Gasteiger partial charge in [0.05, 0.1) is 6.21 Å². The highest BCUT2D eigenvalue weighted by Gasteiger charge is 2.10. The van der Waals surface area contributed by atoms with Crippen LogP contribution in [0.4, 0.5) is 0 Å². The van der Waals surface area contributed by atoms with Gasteiger partial charge in [-0.15, -0.1) is 11.3 Å². The lowest BCUT2D eigenvalue weighted by atomic mass is 10.2. The molecule has 106 valence electrons. The Morgan fingerprint density at radius 3 is 2.86 bits per heavy atom. The Morgan fingerprint density at radius 1 is 1.33 bits per heavy atom. The smallest absolute Gasteiger partial charge is 0.216 e. The fourth-order valence-corrected chi connectivity index (χ4v) is 3.24. The molecular formula is C14H11BrN4S2. The second kappa shape index (κ2) is 6.05. The van der Waals surface area contributed by atoms with Crippen LogP contribution < -0.4 is 0 Å². The van der Waals surface area contributed by atoms with Crippen LogP contribution in [-0.4, -0.2) is 21.1 Å². The summed E-state index contributed by atoms with van der Waals surface area (Å²) in [4.78, 5) is 2.33. The van der Waals surface area contributed by atoms with Crippen molar-refractivity contribution in [3.05, 3.63) is 55.4 Å². The Morgan fingerprint density at radius 2 is 2.14 bits per heavy atom. The Balaban J connectivity index is 2.04. The Bertz CT molecular complexity index is 860. The summed E-state index contributed by atoms with van der Waals surface area (Å²) in [5.41, 5.74) is 0.935. The number of rotatable bonds is 3. The van der Waals surface area contributed by atoms with Crippen molar-refractivity contribution < 1.29 is 0 Å². The fraction of sp³-hybridized carbons (Fsp3) is 0.0714. The van der Waals surface area contributed by atoms with Crippen LogP contribution in [0.25, 0.3) is 11.4 Å². The fourth-order valence-electron chi connectivity index (χ4n) is 1.85. The van der Waals surface area contributed by atoms with E-state index < -0.39 is 0 Å². The van der Waals surface area contributed by atoms with Crippen molar-refractivity contribution in [2.24, 2.45) is 5.10 Å². The standard InChI is InChI=1S/C14H11BrN4S2/c1-9-6-7-10(21-9)8-16-19-13(17-18-14(19)20)11-4-2-3-5-12(11)15/h2-8H,1H3,(H,18,20)/b16-8+. The zero-order valence-corrected chi connectivity index (χ0v) is 14.3. The molecule has 0 saturated heterocycles. The molecule has 0 aliphatic heterocycles. The molecule has 4 nitrogen and oxygen atoms in total. The highest BCUT2D eigenvalue weighted by molar-refractivity contribution is 9.10. The van der Waals surface area contributed by atoms with E-state index in [0.29, 0.717) is 10.6 Å². The molecule has 0 spiro atoms. The lowest BCUT2D eigenvalue weighted by molar-refractivity contribution is 0.871. The molecule has 1 aromatic carbocycles. The first-order chi connectivity index (χ1) is 10.1. The van der Waals surface area contributed by atoms with Gasteiger partial charge in [0, 0.05) is 19.8 Å². The van der Waals surface area contributed by atoms with E-state index in [1.807, 2.05) is 30.3 Å². The van der Waals surface area contributed by atoms with E-state index in [2.05, 4.69) is 44.2 Å². The van der Waals surface area contributed by atoms with Crippen molar-refractivity contribution in [1.29, 1.82) is 0 Å². The summed E-state index contributed by atoms with van der Waals surface area (Å²) in [6.07, 6.45) is 1.79. The minimum atomic E-state index is 0.463. The molecule has 1 N–H and O–H groups in total. The van der Waals surface area contributed by atoms with Crippen LogP contribution in [0.1, 0.15) is 9.75 Å². The van der Waals surface area contributed by atoms with E-state index in [-0.39, 0.29) is 0 Å². The lowest BCUT2D eigenvalue weighted by Crippen LogP contribution is -1.95. The third-order valence-electron chi connectivity index (χ3n) is 2.83. The van der Waals surface area contributed by atoms with Gasteiger partial charge in [-0.25, -0.2) is 5.10 Å². The SMILES string of the molecule is Cc1ccc(/C=N/n2c(-c3ccccc3Br)n[nH]c2=S)s1. The predicted octanol–water partition coefficient (Wildman–Crippen LogP) is 4.62. The van der Waals surface area contributed by atoms with Crippen LogP contribution in [0, 0.1) is 11.7 Å². The van der Waals surface area contributed by atoms with Crippen LogP contribution in [-0.2, 0) is 0 Å². The normalized spacial score (nSPS) is 11.3. The van der Waals surface area contributed by atoms with Crippen LogP contribution in [0.5, 0.6) is 0 Å². The van der Waals surface area contributed by atoms with Gasteiger partial charge in [0.1, 0.15) is 0 Å². The van der Waals surface area contributed by atoms with Gasteiger partial charge in [0.25, 0.3) is 0 Å². The van der Waals surface area contributed by atoms with E-state index in [1.165, 1.54) is 4.88 Å². The summed E-state index contributed by atoms with van der Waals surface area (Å²) >= 11 is 10.5. The van der Waals surface area contributed by atoms with E-state index in [4.69, 9.17) is 12.2 Å². The van der Waals surface area contributed by atoms with Crippen LogP contribution in [0.15, 0.2) is 46.0 Å². The molecule has 0 fully saturated rings. The molecule has 0 aliphatic carbocycles. The number of hydrogen-bond acceptors (Lipinski definition) is 4. The highest BCUT2D eigenvalue weighted by Crippen LogP contribution is 2.26. The van der Waals surface area contributed by atoms with Gasteiger partial charge in [0.2, 0.25) is 4.77 Å². The van der Waals surface area contributed by atoms with Crippen molar-refractivity contribution >= 4 is 45.7 Å². The molecule has 0 aliphatic rings. The maximum Gasteiger partial charge on any atom is 0.216 e. The van der Waals surface area contributed by atoms with Crippen LogP contribution in [0.3, 0.4) is 0 Å². The maximum absolute atomic E-state index is 5.26. The molecule has 0 radical (unpaired) electrons. The first-order valence-corrected chi connectivity index (χ1v) is 8.20. The minimum Gasteiger partial charge on any atom is -0.250 e. The highest BCUT2D eigenvalue weighted by atomic mass is 79.9. The molecule has 2 aromatic heterocycles. The number of nitrogens with one attached hydrogen (secondary N) is 1. The van der Waals surface area contributed by atoms with Crippen LogP contribution in [0.2, 0.25) is 0 Å². The molecule has 2 heterocycles. The number of aryl methyl sites for hydroxylation is 1. The third-order valence-corrected chi connectivity index (χ3v) is 4.72. The van der Waals surface area contributed by atoms with Crippen LogP contribution >= 0.6 is 39.5 Å². The summed E-state index contributed by atoms with van der Waals surface area (Å²) in [7, 11) is 0. The molecule has 3 aromatic rings. The Kier molecular flexibility index (Phi) is 4.14. The van der Waals surface area contributed by atoms with Crippen molar-refractivity contribution in [2.45, 2.75) is 6.92 Å². The first-order valence-electron chi connectivity index (χ1n) is 6.18. The number of aromatic amines is 1. The quantitative estimate of drug-likeness (QED) is 0.533. The van der Waals surface area contributed by atoms with Crippen molar-refractivity contribution in [2.75, 3.05) is 0 Å². The van der Waals surface area contributed by atoms with Gasteiger partial charge in [-0.2, -0.15) is 14.9 Å². The summed E-state index contributed by atoms with van der Waals surface area (Å²) in [5, 5.41) is 11.5. The Labute approximate surface area is 139 Å². The average molecular weight is 379 g/mol. The maximum atomic E-state index is 5.26. The van der Waals surface area contributed by atoms with Gasteiger partial charge in [-0.05, 0) is 43.4 Å². The summed E-state index contributed by atoms with van der Waals surface area (Å²) in [5.74, 6) is 0.678. The number of benzene rings is 1. The van der Waals surface area contributed by atoms with Gasteiger partial charge >= 0.3 is 0 Å². The molecule has 0 saturated carbocycles. The third kappa shape index (κ3) is 3.04. The zero-order valence-electron chi connectivity index (χ0n) is 11.1. The molecule has 0 amide bonds. The van der Waals surface area contributed by atoms with Gasteiger partial charge < -0.3 is 0 Å². The Hall–Kier alpha value is -1.57. The number of hydrogen-bond donors (Lipinski definition) is 1. The largest absolute Gasteiger partial charge is 0.250 e. The molecular weight excluding hydrogens is 368 g/mol. The number of H-pyrrole nitrogens is 1. The lowest BCUT2D eigenvalue weighted by Gasteiger charge is -2.02. The number of aromatic nitrogens is 3. The first kappa shape index (κ1) is 14.4. The molecule has 3 rings (SSSR count). The average Bonchev–Trinajstić information content (AvgIpc) is 3.04.